The predicted molar refractivity (Wildman–Crippen MR) is 69.6 cm³/mol. The van der Waals surface area contributed by atoms with Gasteiger partial charge in [0.2, 0.25) is 0 Å². The minimum absolute atomic E-state index is 0.550. The number of pyridine rings is 1. The van der Waals surface area contributed by atoms with E-state index < -0.39 is 0 Å². The minimum Gasteiger partial charge on any atom is -0.243 e. The van der Waals surface area contributed by atoms with Gasteiger partial charge in [-0.25, -0.2) is 4.98 Å². The number of rotatable bonds is 2. The van der Waals surface area contributed by atoms with Crippen molar-refractivity contribution < 1.29 is 0 Å². The van der Waals surface area contributed by atoms with E-state index in [9.17, 15) is 0 Å². The molecule has 15 heavy (non-hydrogen) atoms. The molecule has 0 atom stereocenters. The average Bonchev–Trinajstić information content (AvgIpc) is 2.29. The van der Waals surface area contributed by atoms with Gasteiger partial charge >= 0.3 is 0 Å². The SMILES string of the molecule is SCC=Cc1cnc(Cl)c2ccccc12. The van der Waals surface area contributed by atoms with Gasteiger partial charge in [-0.05, 0) is 5.39 Å². The monoisotopic (exact) mass is 235 g/mol. The van der Waals surface area contributed by atoms with E-state index in [-0.39, 0.29) is 0 Å². The Kier molecular flexibility index (Phi) is 3.29. The fraction of sp³-hybridized carbons (Fsp3) is 0.0833. The van der Waals surface area contributed by atoms with Crippen LogP contribution in [-0.2, 0) is 0 Å². The number of fused-ring (bicyclic) bond motifs is 1. The van der Waals surface area contributed by atoms with Crippen molar-refractivity contribution in [1.82, 2.24) is 4.98 Å². The molecule has 0 amide bonds. The van der Waals surface area contributed by atoms with Crippen LogP contribution in [0.5, 0.6) is 0 Å². The smallest absolute Gasteiger partial charge is 0.136 e. The maximum Gasteiger partial charge on any atom is 0.136 e. The second-order valence-electron chi connectivity index (χ2n) is 3.13. The third-order valence-electron chi connectivity index (χ3n) is 2.18. The molecule has 1 aromatic carbocycles. The largest absolute Gasteiger partial charge is 0.243 e. The molecule has 0 radical (unpaired) electrons. The van der Waals surface area contributed by atoms with Gasteiger partial charge in [0, 0.05) is 22.9 Å². The molecule has 0 saturated heterocycles. The van der Waals surface area contributed by atoms with Crippen LogP contribution in [0.25, 0.3) is 16.8 Å². The van der Waals surface area contributed by atoms with E-state index in [0.29, 0.717) is 5.15 Å². The fourth-order valence-corrected chi connectivity index (χ4v) is 1.81. The highest BCUT2D eigenvalue weighted by Crippen LogP contribution is 2.24. The molecule has 0 aliphatic rings. The molecular formula is C12H10ClNS. The Hall–Kier alpha value is -0.990. The van der Waals surface area contributed by atoms with Gasteiger partial charge in [-0.2, -0.15) is 12.6 Å². The van der Waals surface area contributed by atoms with E-state index in [1.165, 1.54) is 0 Å². The van der Waals surface area contributed by atoms with E-state index >= 15 is 0 Å². The molecule has 0 saturated carbocycles. The van der Waals surface area contributed by atoms with Gasteiger partial charge in [-0.3, -0.25) is 0 Å². The number of aromatic nitrogens is 1. The first kappa shape index (κ1) is 10.5. The lowest BCUT2D eigenvalue weighted by molar-refractivity contribution is 1.35. The molecule has 0 aliphatic carbocycles. The Bertz CT molecular complexity index is 508. The number of halogens is 1. The third-order valence-corrected chi connectivity index (χ3v) is 2.69. The molecule has 76 valence electrons. The van der Waals surface area contributed by atoms with E-state index in [4.69, 9.17) is 11.6 Å². The molecule has 0 fully saturated rings. The molecule has 2 rings (SSSR count). The number of hydrogen-bond donors (Lipinski definition) is 1. The lowest BCUT2D eigenvalue weighted by Gasteiger charge is -2.02. The van der Waals surface area contributed by atoms with Crippen LogP contribution in [-0.4, -0.2) is 10.7 Å². The summed E-state index contributed by atoms with van der Waals surface area (Å²) in [5, 5.41) is 2.66. The zero-order valence-electron chi connectivity index (χ0n) is 8.02. The summed E-state index contributed by atoms with van der Waals surface area (Å²) in [6, 6.07) is 7.97. The summed E-state index contributed by atoms with van der Waals surface area (Å²) in [5.74, 6) is 0.719. The first-order valence-electron chi connectivity index (χ1n) is 4.63. The van der Waals surface area contributed by atoms with E-state index in [1.54, 1.807) is 6.20 Å². The Labute approximate surface area is 99.2 Å². The molecule has 0 unspecified atom stereocenters. The molecular weight excluding hydrogens is 226 g/mol. The number of benzene rings is 1. The summed E-state index contributed by atoms with van der Waals surface area (Å²) in [7, 11) is 0. The van der Waals surface area contributed by atoms with Gasteiger partial charge in [0.25, 0.3) is 0 Å². The fourth-order valence-electron chi connectivity index (χ4n) is 1.49. The number of nitrogens with zero attached hydrogens (tertiary/aromatic N) is 1. The van der Waals surface area contributed by atoms with E-state index in [2.05, 4.69) is 17.6 Å². The van der Waals surface area contributed by atoms with Crippen molar-refractivity contribution >= 4 is 41.1 Å². The summed E-state index contributed by atoms with van der Waals surface area (Å²) < 4.78 is 0. The van der Waals surface area contributed by atoms with Crippen LogP contribution in [0.15, 0.2) is 36.5 Å². The Morgan fingerprint density at radius 2 is 2.00 bits per heavy atom. The molecule has 0 N–H and O–H groups in total. The molecule has 0 aliphatic heterocycles. The topological polar surface area (TPSA) is 12.9 Å². The van der Waals surface area contributed by atoms with Crippen LogP contribution in [0.2, 0.25) is 5.15 Å². The Morgan fingerprint density at radius 3 is 2.73 bits per heavy atom. The quantitative estimate of drug-likeness (QED) is 0.617. The summed E-state index contributed by atoms with van der Waals surface area (Å²) in [6.07, 6.45) is 5.78. The Balaban J connectivity index is 2.66. The van der Waals surface area contributed by atoms with Crippen molar-refractivity contribution in [2.75, 3.05) is 5.75 Å². The highest BCUT2D eigenvalue weighted by Gasteiger charge is 2.02. The van der Waals surface area contributed by atoms with Crippen LogP contribution >= 0.6 is 24.2 Å². The molecule has 1 aromatic heterocycles. The van der Waals surface area contributed by atoms with Crippen molar-refractivity contribution in [1.29, 1.82) is 0 Å². The second-order valence-corrected chi connectivity index (χ2v) is 3.86. The van der Waals surface area contributed by atoms with Gasteiger partial charge in [-0.1, -0.05) is 48.0 Å². The third kappa shape index (κ3) is 2.16. The van der Waals surface area contributed by atoms with Gasteiger partial charge in [0.15, 0.2) is 0 Å². The van der Waals surface area contributed by atoms with Gasteiger partial charge in [0.05, 0.1) is 0 Å². The highest BCUT2D eigenvalue weighted by molar-refractivity contribution is 7.80. The molecule has 1 heterocycles. The maximum absolute atomic E-state index is 6.01. The maximum atomic E-state index is 6.01. The highest BCUT2D eigenvalue weighted by atomic mass is 35.5. The second kappa shape index (κ2) is 4.69. The average molecular weight is 236 g/mol. The standard InChI is InChI=1S/C12H10ClNS/c13-12-11-6-2-1-5-10(11)9(8-14-12)4-3-7-15/h1-6,8,15H,7H2. The predicted octanol–water partition coefficient (Wildman–Crippen LogP) is 3.83. The lowest BCUT2D eigenvalue weighted by atomic mass is 10.1. The van der Waals surface area contributed by atoms with Crippen molar-refractivity contribution in [3.63, 3.8) is 0 Å². The van der Waals surface area contributed by atoms with Crippen molar-refractivity contribution in [2.24, 2.45) is 0 Å². The zero-order chi connectivity index (χ0) is 10.7. The first-order chi connectivity index (χ1) is 7.33. The summed E-state index contributed by atoms with van der Waals surface area (Å²) in [5.41, 5.74) is 1.07. The van der Waals surface area contributed by atoms with Crippen molar-refractivity contribution in [3.05, 3.63) is 47.3 Å². The summed E-state index contributed by atoms with van der Waals surface area (Å²) in [6.45, 7) is 0. The Morgan fingerprint density at radius 1 is 1.27 bits per heavy atom. The molecule has 3 heteroatoms. The number of thiol groups is 1. The van der Waals surface area contributed by atoms with Crippen LogP contribution in [0.4, 0.5) is 0 Å². The van der Waals surface area contributed by atoms with E-state index in [1.807, 2.05) is 36.4 Å². The molecule has 0 bridgehead atoms. The summed E-state index contributed by atoms with van der Waals surface area (Å²) >= 11 is 10.1. The number of hydrogen-bond acceptors (Lipinski definition) is 2. The van der Waals surface area contributed by atoms with Gasteiger partial charge in [0.1, 0.15) is 5.15 Å². The normalized spacial score (nSPS) is 11.3. The van der Waals surface area contributed by atoms with Gasteiger partial charge < -0.3 is 0 Å². The lowest BCUT2D eigenvalue weighted by Crippen LogP contribution is -1.83. The van der Waals surface area contributed by atoms with Crippen molar-refractivity contribution in [2.45, 2.75) is 0 Å². The molecule has 1 nitrogen and oxygen atoms in total. The van der Waals surface area contributed by atoms with Gasteiger partial charge in [-0.15, -0.1) is 0 Å². The van der Waals surface area contributed by atoms with Crippen LogP contribution in [0.3, 0.4) is 0 Å². The van der Waals surface area contributed by atoms with Crippen molar-refractivity contribution in [3.8, 4) is 0 Å². The minimum atomic E-state index is 0.550. The molecule has 2 aromatic rings. The molecule has 0 spiro atoms. The zero-order valence-corrected chi connectivity index (χ0v) is 9.67. The van der Waals surface area contributed by atoms with Crippen LogP contribution in [0.1, 0.15) is 5.56 Å². The first-order valence-corrected chi connectivity index (χ1v) is 5.64. The van der Waals surface area contributed by atoms with E-state index in [0.717, 1.165) is 22.1 Å². The summed E-state index contributed by atoms with van der Waals surface area (Å²) in [4.78, 5) is 4.15. The van der Waals surface area contributed by atoms with Crippen LogP contribution in [0, 0.1) is 0 Å². The van der Waals surface area contributed by atoms with Crippen LogP contribution < -0.4 is 0 Å².